The van der Waals surface area contributed by atoms with E-state index in [1.807, 2.05) is 18.3 Å². The number of aliphatic hydroxyl groups is 1. The molecule has 0 radical (unpaired) electrons. The molecule has 5 nitrogen and oxygen atoms in total. The summed E-state index contributed by atoms with van der Waals surface area (Å²) in [6.07, 6.45) is 6.63. The van der Waals surface area contributed by atoms with E-state index in [4.69, 9.17) is 0 Å². The normalized spacial score (nSPS) is 26.4. The van der Waals surface area contributed by atoms with Gasteiger partial charge < -0.3 is 15.4 Å². The van der Waals surface area contributed by atoms with Crippen LogP contribution in [0.1, 0.15) is 45.6 Å². The molecular formula is C19H27N3O2. The number of carbonyl (C=O) groups is 1. The number of amides is 1. The number of aromatic nitrogens is 2. The SMILES string of the molecule is C[C@H]1CC(C)(C)C[C@](CO)(NC(=O)Cc2c[nH]c3ncccc23)C1. The van der Waals surface area contributed by atoms with Gasteiger partial charge in [0.05, 0.1) is 18.6 Å². The number of pyridine rings is 1. The lowest BCUT2D eigenvalue weighted by atomic mass is 9.64. The molecule has 1 amide bonds. The van der Waals surface area contributed by atoms with Gasteiger partial charge in [0.25, 0.3) is 0 Å². The molecule has 0 saturated heterocycles. The average molecular weight is 329 g/mol. The van der Waals surface area contributed by atoms with Crippen molar-refractivity contribution in [2.24, 2.45) is 11.3 Å². The highest BCUT2D eigenvalue weighted by molar-refractivity contribution is 5.87. The van der Waals surface area contributed by atoms with Crippen molar-refractivity contribution in [3.63, 3.8) is 0 Å². The Morgan fingerprint density at radius 2 is 2.25 bits per heavy atom. The van der Waals surface area contributed by atoms with Gasteiger partial charge in [-0.3, -0.25) is 4.79 Å². The fourth-order valence-electron chi connectivity index (χ4n) is 4.67. The third-order valence-corrected chi connectivity index (χ3v) is 5.05. The molecule has 1 fully saturated rings. The predicted molar refractivity (Wildman–Crippen MR) is 94.6 cm³/mol. The second-order valence-electron chi connectivity index (χ2n) is 8.23. The van der Waals surface area contributed by atoms with Crippen LogP contribution in [0.2, 0.25) is 0 Å². The molecule has 0 aliphatic heterocycles. The largest absolute Gasteiger partial charge is 0.394 e. The molecule has 24 heavy (non-hydrogen) atoms. The second kappa shape index (κ2) is 6.20. The summed E-state index contributed by atoms with van der Waals surface area (Å²) in [4.78, 5) is 20.0. The van der Waals surface area contributed by atoms with Crippen molar-refractivity contribution >= 4 is 16.9 Å². The fraction of sp³-hybridized carbons (Fsp3) is 0.579. The number of aromatic amines is 1. The second-order valence-corrected chi connectivity index (χ2v) is 8.23. The maximum Gasteiger partial charge on any atom is 0.225 e. The number of aliphatic hydroxyl groups excluding tert-OH is 1. The molecule has 0 bridgehead atoms. The minimum Gasteiger partial charge on any atom is -0.394 e. The topological polar surface area (TPSA) is 78.0 Å². The summed E-state index contributed by atoms with van der Waals surface area (Å²) in [6, 6.07) is 3.84. The molecule has 5 heteroatoms. The molecule has 130 valence electrons. The molecule has 2 atom stereocenters. The quantitative estimate of drug-likeness (QED) is 0.807. The molecule has 1 saturated carbocycles. The van der Waals surface area contributed by atoms with Gasteiger partial charge in [-0.15, -0.1) is 0 Å². The number of nitrogens with zero attached hydrogens (tertiary/aromatic N) is 1. The van der Waals surface area contributed by atoms with Crippen LogP contribution in [0.5, 0.6) is 0 Å². The zero-order valence-corrected chi connectivity index (χ0v) is 14.7. The van der Waals surface area contributed by atoms with Gasteiger partial charge in [0.1, 0.15) is 5.65 Å². The minimum absolute atomic E-state index is 0.0120. The van der Waals surface area contributed by atoms with Crippen LogP contribution >= 0.6 is 0 Å². The maximum atomic E-state index is 12.6. The molecule has 2 aromatic rings. The number of hydrogen-bond donors (Lipinski definition) is 3. The number of nitrogens with one attached hydrogen (secondary N) is 2. The Bertz CT molecular complexity index is 737. The van der Waals surface area contributed by atoms with Gasteiger partial charge in [-0.25, -0.2) is 4.98 Å². The first-order chi connectivity index (χ1) is 11.3. The number of rotatable bonds is 4. The zero-order valence-electron chi connectivity index (χ0n) is 14.7. The van der Waals surface area contributed by atoms with Crippen LogP contribution in [0.25, 0.3) is 11.0 Å². The molecule has 0 aromatic carbocycles. The smallest absolute Gasteiger partial charge is 0.225 e. The molecule has 3 N–H and O–H groups in total. The van der Waals surface area contributed by atoms with E-state index in [1.54, 1.807) is 6.20 Å². The van der Waals surface area contributed by atoms with Crippen LogP contribution in [0.15, 0.2) is 24.5 Å². The summed E-state index contributed by atoms with van der Waals surface area (Å²) >= 11 is 0. The fourth-order valence-corrected chi connectivity index (χ4v) is 4.67. The standard InChI is InChI=1S/C19H27N3O2/c1-13-8-18(2,3)11-19(9-13,12-23)22-16(24)7-14-10-21-17-15(14)5-4-6-20-17/h4-6,10,13,23H,7-9,11-12H2,1-3H3,(H,20,21)(H,22,24)/t13-,19+/m0/s1. The number of H-pyrrole nitrogens is 1. The van der Waals surface area contributed by atoms with E-state index in [0.29, 0.717) is 12.3 Å². The van der Waals surface area contributed by atoms with Gasteiger partial charge in [0.15, 0.2) is 0 Å². The van der Waals surface area contributed by atoms with E-state index in [9.17, 15) is 9.90 Å². The summed E-state index contributed by atoms with van der Waals surface area (Å²) in [5, 5.41) is 14.1. The lowest BCUT2D eigenvalue weighted by Gasteiger charge is -2.47. The summed E-state index contributed by atoms with van der Waals surface area (Å²) in [5.41, 5.74) is 1.34. The van der Waals surface area contributed by atoms with Gasteiger partial charge in [0.2, 0.25) is 5.91 Å². The third-order valence-electron chi connectivity index (χ3n) is 5.05. The number of carbonyl (C=O) groups excluding carboxylic acids is 1. The molecule has 1 aliphatic rings. The van der Waals surface area contributed by atoms with Crippen LogP contribution in [-0.4, -0.2) is 33.1 Å². The Hall–Kier alpha value is -1.88. The minimum atomic E-state index is -0.511. The maximum absolute atomic E-state index is 12.6. The van der Waals surface area contributed by atoms with E-state index in [2.05, 4.69) is 36.1 Å². The van der Waals surface area contributed by atoms with E-state index >= 15 is 0 Å². The Morgan fingerprint density at radius 3 is 2.96 bits per heavy atom. The summed E-state index contributed by atoms with van der Waals surface area (Å²) in [5.74, 6) is 0.442. The molecule has 0 spiro atoms. The highest BCUT2D eigenvalue weighted by atomic mass is 16.3. The lowest BCUT2D eigenvalue weighted by Crippen LogP contribution is -2.57. The van der Waals surface area contributed by atoms with E-state index in [-0.39, 0.29) is 17.9 Å². The van der Waals surface area contributed by atoms with Crippen LogP contribution in [0.4, 0.5) is 0 Å². The molecule has 2 aromatic heterocycles. The van der Waals surface area contributed by atoms with Gasteiger partial charge in [-0.1, -0.05) is 20.8 Å². The van der Waals surface area contributed by atoms with Crippen molar-refractivity contribution in [2.75, 3.05) is 6.61 Å². The summed E-state index contributed by atoms with van der Waals surface area (Å²) < 4.78 is 0. The zero-order chi connectivity index (χ0) is 17.4. The Balaban J connectivity index is 1.75. The number of hydrogen-bond acceptors (Lipinski definition) is 3. The van der Waals surface area contributed by atoms with Crippen molar-refractivity contribution in [3.8, 4) is 0 Å². The summed E-state index contributed by atoms with van der Waals surface area (Å²) in [7, 11) is 0. The molecule has 3 rings (SSSR count). The third kappa shape index (κ3) is 3.46. The van der Waals surface area contributed by atoms with Crippen molar-refractivity contribution in [1.82, 2.24) is 15.3 Å². The van der Waals surface area contributed by atoms with E-state index < -0.39 is 5.54 Å². The van der Waals surface area contributed by atoms with Gasteiger partial charge in [-0.2, -0.15) is 0 Å². The van der Waals surface area contributed by atoms with Crippen molar-refractivity contribution < 1.29 is 9.90 Å². The monoisotopic (exact) mass is 329 g/mol. The Kier molecular flexibility index (Phi) is 4.38. The average Bonchev–Trinajstić information content (AvgIpc) is 2.88. The number of fused-ring (bicyclic) bond motifs is 1. The highest BCUT2D eigenvalue weighted by Gasteiger charge is 2.43. The van der Waals surface area contributed by atoms with Gasteiger partial charge >= 0.3 is 0 Å². The van der Waals surface area contributed by atoms with E-state index in [1.165, 1.54) is 0 Å². The highest BCUT2D eigenvalue weighted by Crippen LogP contribution is 2.43. The van der Waals surface area contributed by atoms with Gasteiger partial charge in [0, 0.05) is 17.8 Å². The molecule has 2 heterocycles. The van der Waals surface area contributed by atoms with Crippen molar-refractivity contribution in [2.45, 2.75) is 52.0 Å². The first-order valence-corrected chi connectivity index (χ1v) is 8.65. The Labute approximate surface area is 142 Å². The summed E-state index contributed by atoms with van der Waals surface area (Å²) in [6.45, 7) is 6.61. The van der Waals surface area contributed by atoms with Crippen LogP contribution in [0.3, 0.4) is 0 Å². The van der Waals surface area contributed by atoms with Crippen molar-refractivity contribution in [1.29, 1.82) is 0 Å². The predicted octanol–water partition coefficient (Wildman–Crippen LogP) is 2.80. The molecular weight excluding hydrogens is 302 g/mol. The Morgan fingerprint density at radius 1 is 1.46 bits per heavy atom. The molecule has 1 aliphatic carbocycles. The van der Waals surface area contributed by atoms with Crippen LogP contribution in [0, 0.1) is 11.3 Å². The van der Waals surface area contributed by atoms with Crippen LogP contribution in [-0.2, 0) is 11.2 Å². The van der Waals surface area contributed by atoms with Crippen LogP contribution < -0.4 is 5.32 Å². The van der Waals surface area contributed by atoms with Gasteiger partial charge in [-0.05, 0) is 48.3 Å². The molecule has 0 unspecified atom stereocenters. The first-order valence-electron chi connectivity index (χ1n) is 8.65. The first kappa shape index (κ1) is 17.0. The van der Waals surface area contributed by atoms with E-state index in [0.717, 1.165) is 35.9 Å². The van der Waals surface area contributed by atoms with Crippen molar-refractivity contribution in [3.05, 3.63) is 30.1 Å². The lowest BCUT2D eigenvalue weighted by molar-refractivity contribution is -0.124.